The Morgan fingerprint density at radius 1 is 1.33 bits per heavy atom. The molecule has 1 radical (unpaired) electrons. The van der Waals surface area contributed by atoms with Crippen molar-refractivity contribution in [1.82, 2.24) is 0 Å². The van der Waals surface area contributed by atoms with Gasteiger partial charge in [0.1, 0.15) is 6.10 Å². The third-order valence-corrected chi connectivity index (χ3v) is 1.98. The van der Waals surface area contributed by atoms with Gasteiger partial charge in [-0.25, -0.2) is 0 Å². The first-order valence-corrected chi connectivity index (χ1v) is 4.10. The second-order valence-corrected chi connectivity index (χ2v) is 2.95. The van der Waals surface area contributed by atoms with E-state index < -0.39 is 0 Å². The minimum absolute atomic E-state index is 0.0580. The number of fused-ring (bicyclic) bond motifs is 1. The lowest BCUT2D eigenvalue weighted by Crippen LogP contribution is -2.08. The highest BCUT2D eigenvalue weighted by Gasteiger charge is 2.13. The number of rotatable bonds is 0. The maximum absolute atomic E-state index is 5.10. The predicted octanol–water partition coefficient (Wildman–Crippen LogP) is 2.15. The summed E-state index contributed by atoms with van der Waals surface area (Å²) in [6, 6.07) is 7.90. The van der Waals surface area contributed by atoms with Gasteiger partial charge in [-0.3, -0.25) is 0 Å². The fourth-order valence-corrected chi connectivity index (χ4v) is 1.28. The molecular weight excluding hydrogens is 152 g/mol. The molecule has 1 aromatic carbocycles. The van der Waals surface area contributed by atoms with E-state index in [0.29, 0.717) is 0 Å². The van der Waals surface area contributed by atoms with E-state index in [1.165, 1.54) is 5.56 Å². The van der Waals surface area contributed by atoms with Crippen LogP contribution in [0.1, 0.15) is 12.0 Å². The summed E-state index contributed by atoms with van der Waals surface area (Å²) in [6.45, 7) is 3.79. The van der Waals surface area contributed by atoms with Crippen LogP contribution in [-0.2, 0) is 11.3 Å². The van der Waals surface area contributed by atoms with Gasteiger partial charge in [-0.15, -0.1) is 0 Å². The third-order valence-electron chi connectivity index (χ3n) is 1.98. The molecule has 0 saturated carbocycles. The Hall–Kier alpha value is -1.02. The Labute approximate surface area is 72.0 Å². The Morgan fingerprint density at radius 3 is 3.08 bits per heavy atom. The predicted molar refractivity (Wildman–Crippen MR) is 45.6 cm³/mol. The number of para-hydroxylation sites is 1. The molecule has 1 atom stereocenters. The quantitative estimate of drug-likeness (QED) is 0.545. The molecule has 0 aliphatic carbocycles. The molecular formula is C10H11O2. The molecule has 1 aromatic rings. The smallest absolute Gasteiger partial charge is 0.168 e. The minimum atomic E-state index is -0.0580. The molecule has 1 aliphatic rings. The largest absolute Gasteiger partial charge is 0.337 e. The Morgan fingerprint density at radius 2 is 2.17 bits per heavy atom. The average molecular weight is 163 g/mol. The van der Waals surface area contributed by atoms with Crippen molar-refractivity contribution in [3.05, 3.63) is 36.8 Å². The van der Waals surface area contributed by atoms with Crippen LogP contribution in [0.3, 0.4) is 0 Å². The van der Waals surface area contributed by atoms with Crippen molar-refractivity contribution in [3.63, 3.8) is 0 Å². The Balaban J connectivity index is 2.26. The van der Waals surface area contributed by atoms with Crippen molar-refractivity contribution >= 4 is 0 Å². The second kappa shape index (κ2) is 3.15. The lowest BCUT2D eigenvalue weighted by molar-refractivity contribution is -0.229. The van der Waals surface area contributed by atoms with Crippen molar-refractivity contribution < 1.29 is 9.78 Å². The lowest BCUT2D eigenvalue weighted by atomic mass is 10.1. The summed E-state index contributed by atoms with van der Waals surface area (Å²) in [5, 5.41) is 0. The highest BCUT2D eigenvalue weighted by Crippen LogP contribution is 2.24. The molecule has 0 spiro atoms. The van der Waals surface area contributed by atoms with Crippen LogP contribution in [0.5, 0.6) is 5.75 Å². The third kappa shape index (κ3) is 1.43. The van der Waals surface area contributed by atoms with E-state index in [-0.39, 0.29) is 6.10 Å². The van der Waals surface area contributed by atoms with Gasteiger partial charge in [0, 0.05) is 0 Å². The topological polar surface area (TPSA) is 18.5 Å². The first-order valence-electron chi connectivity index (χ1n) is 4.10. The molecule has 1 heterocycles. The van der Waals surface area contributed by atoms with Crippen LogP contribution in [0.2, 0.25) is 0 Å². The van der Waals surface area contributed by atoms with E-state index >= 15 is 0 Å². The van der Waals surface area contributed by atoms with Gasteiger partial charge in [0.05, 0.1) is 0 Å². The number of hydrogen-bond donors (Lipinski definition) is 0. The Bertz CT molecular complexity index is 243. The molecule has 0 N–H and O–H groups in total. The molecule has 2 nitrogen and oxygen atoms in total. The van der Waals surface area contributed by atoms with E-state index in [1.807, 2.05) is 18.2 Å². The van der Waals surface area contributed by atoms with E-state index in [9.17, 15) is 0 Å². The lowest BCUT2D eigenvalue weighted by Gasteiger charge is -2.05. The van der Waals surface area contributed by atoms with Crippen LogP contribution in [0.15, 0.2) is 24.3 Å². The molecule has 2 rings (SSSR count). The monoisotopic (exact) mass is 163 g/mol. The van der Waals surface area contributed by atoms with E-state index in [2.05, 4.69) is 13.0 Å². The highest BCUT2D eigenvalue weighted by atomic mass is 17.2. The first-order chi connectivity index (χ1) is 5.86. The molecule has 0 amide bonds. The van der Waals surface area contributed by atoms with E-state index in [4.69, 9.17) is 9.78 Å². The maximum atomic E-state index is 5.10. The number of hydrogen-bond acceptors (Lipinski definition) is 2. The van der Waals surface area contributed by atoms with Gasteiger partial charge in [0.15, 0.2) is 5.75 Å². The molecule has 63 valence electrons. The van der Waals surface area contributed by atoms with Crippen LogP contribution in [0.4, 0.5) is 0 Å². The van der Waals surface area contributed by atoms with Gasteiger partial charge in [-0.05, 0) is 31.4 Å². The minimum Gasteiger partial charge on any atom is -0.337 e. The standard InChI is InChI=1S/C10H11O2/c1-8-6-7-9-4-2-3-5-10(9)12-11-8/h2-5,8H,1,6-7H2. The molecule has 1 aliphatic heterocycles. The molecule has 0 aromatic heterocycles. The van der Waals surface area contributed by atoms with Crippen LogP contribution < -0.4 is 4.89 Å². The zero-order valence-electron chi connectivity index (χ0n) is 6.82. The van der Waals surface area contributed by atoms with Gasteiger partial charge in [0.25, 0.3) is 0 Å². The van der Waals surface area contributed by atoms with Crippen molar-refractivity contribution in [3.8, 4) is 5.75 Å². The van der Waals surface area contributed by atoms with Crippen LogP contribution in [0.25, 0.3) is 0 Å². The maximum Gasteiger partial charge on any atom is 0.168 e. The summed E-state index contributed by atoms with van der Waals surface area (Å²) >= 11 is 0. The molecule has 0 saturated heterocycles. The fraction of sp³-hybridized carbons (Fsp3) is 0.300. The summed E-state index contributed by atoms with van der Waals surface area (Å²) in [5.41, 5.74) is 1.20. The zero-order valence-corrected chi connectivity index (χ0v) is 6.82. The highest BCUT2D eigenvalue weighted by molar-refractivity contribution is 5.33. The summed E-state index contributed by atoms with van der Waals surface area (Å²) in [4.78, 5) is 10.1. The summed E-state index contributed by atoms with van der Waals surface area (Å²) < 4.78 is 0. The van der Waals surface area contributed by atoms with Crippen LogP contribution in [0, 0.1) is 6.92 Å². The normalized spacial score (nSPS) is 22.2. The molecule has 1 unspecified atom stereocenters. The van der Waals surface area contributed by atoms with E-state index in [0.717, 1.165) is 18.6 Å². The van der Waals surface area contributed by atoms with Crippen molar-refractivity contribution in [2.24, 2.45) is 0 Å². The zero-order chi connectivity index (χ0) is 8.39. The summed E-state index contributed by atoms with van der Waals surface area (Å²) in [5.74, 6) is 0.823. The number of benzene rings is 1. The van der Waals surface area contributed by atoms with Crippen LogP contribution >= 0.6 is 0 Å². The number of aryl methyl sites for hydroxylation is 1. The fourth-order valence-electron chi connectivity index (χ4n) is 1.28. The van der Waals surface area contributed by atoms with Gasteiger partial charge < -0.3 is 4.89 Å². The van der Waals surface area contributed by atoms with Crippen LogP contribution in [-0.4, -0.2) is 6.10 Å². The first kappa shape index (κ1) is 7.62. The van der Waals surface area contributed by atoms with Crippen molar-refractivity contribution in [2.45, 2.75) is 18.9 Å². The second-order valence-electron chi connectivity index (χ2n) is 2.95. The summed E-state index contributed by atoms with van der Waals surface area (Å²) in [6.07, 6.45) is 1.83. The van der Waals surface area contributed by atoms with Crippen molar-refractivity contribution in [1.29, 1.82) is 0 Å². The van der Waals surface area contributed by atoms with E-state index in [1.54, 1.807) is 0 Å². The SMILES string of the molecule is [CH2]C1CCc2ccccc2OO1. The van der Waals surface area contributed by atoms with Gasteiger partial charge >= 0.3 is 0 Å². The molecule has 12 heavy (non-hydrogen) atoms. The molecule has 0 bridgehead atoms. The molecule has 2 heteroatoms. The van der Waals surface area contributed by atoms with Gasteiger partial charge in [-0.1, -0.05) is 18.2 Å². The van der Waals surface area contributed by atoms with Gasteiger partial charge in [0.2, 0.25) is 0 Å². The molecule has 0 fully saturated rings. The summed E-state index contributed by atoms with van der Waals surface area (Å²) in [7, 11) is 0. The van der Waals surface area contributed by atoms with Gasteiger partial charge in [-0.2, -0.15) is 4.89 Å². The van der Waals surface area contributed by atoms with Crippen molar-refractivity contribution in [2.75, 3.05) is 0 Å². The Kier molecular flexibility index (Phi) is 2.00. The average Bonchev–Trinajstić information content (AvgIpc) is 2.29.